The van der Waals surface area contributed by atoms with Gasteiger partial charge >= 0.3 is 0 Å². The van der Waals surface area contributed by atoms with Crippen LogP contribution in [-0.4, -0.2) is 23.2 Å². The molecule has 3 nitrogen and oxygen atoms in total. The van der Waals surface area contributed by atoms with Crippen LogP contribution in [-0.2, 0) is 4.79 Å². The third-order valence-corrected chi connectivity index (χ3v) is 4.25. The summed E-state index contributed by atoms with van der Waals surface area (Å²) in [4.78, 5) is 12.6. The van der Waals surface area contributed by atoms with Crippen molar-refractivity contribution in [3.05, 3.63) is 27.4 Å². The Balaban J connectivity index is 1.86. The number of aliphatic hydroxyl groups is 1. The topological polar surface area (TPSA) is 49.3 Å². The minimum atomic E-state index is -0.410. The molecule has 1 amide bonds. The Hall–Kier alpha value is -0.840. The monoisotopic (exact) mass is 285 g/mol. The Morgan fingerprint density at radius 1 is 1.44 bits per heavy atom. The minimum Gasteiger partial charge on any atom is -0.391 e. The number of halogens is 1. The van der Waals surface area contributed by atoms with Crippen LogP contribution in [0.1, 0.15) is 30.6 Å². The summed E-state index contributed by atoms with van der Waals surface area (Å²) in [6.45, 7) is 0. The first kappa shape index (κ1) is 13.6. The van der Waals surface area contributed by atoms with Crippen molar-refractivity contribution >= 4 is 34.9 Å². The highest BCUT2D eigenvalue weighted by atomic mass is 35.5. The first-order chi connectivity index (χ1) is 8.65. The van der Waals surface area contributed by atoms with Gasteiger partial charge in [0.1, 0.15) is 0 Å². The van der Waals surface area contributed by atoms with Crippen LogP contribution in [0.15, 0.2) is 18.2 Å². The van der Waals surface area contributed by atoms with Gasteiger partial charge in [0.15, 0.2) is 0 Å². The third kappa shape index (κ3) is 3.83. The molecule has 0 aromatic carbocycles. The fourth-order valence-electron chi connectivity index (χ4n) is 2.09. The molecular formula is C13H16ClNO2S. The van der Waals surface area contributed by atoms with Crippen molar-refractivity contribution < 1.29 is 9.90 Å². The molecule has 0 unspecified atom stereocenters. The largest absolute Gasteiger partial charge is 0.391 e. The van der Waals surface area contributed by atoms with Gasteiger partial charge in [-0.2, -0.15) is 0 Å². The van der Waals surface area contributed by atoms with Crippen LogP contribution in [0.25, 0.3) is 6.08 Å². The first-order valence-corrected chi connectivity index (χ1v) is 7.26. The first-order valence-electron chi connectivity index (χ1n) is 6.07. The second-order valence-electron chi connectivity index (χ2n) is 4.44. The summed E-state index contributed by atoms with van der Waals surface area (Å²) in [6.07, 6.45) is 6.54. The predicted octanol–water partition coefficient (Wildman–Crippen LogP) is 2.83. The van der Waals surface area contributed by atoms with Gasteiger partial charge in [-0.1, -0.05) is 24.4 Å². The zero-order chi connectivity index (χ0) is 13.0. The lowest BCUT2D eigenvalue weighted by Gasteiger charge is -2.27. The lowest BCUT2D eigenvalue weighted by molar-refractivity contribution is -0.118. The van der Waals surface area contributed by atoms with Crippen LogP contribution in [0.3, 0.4) is 0 Å². The van der Waals surface area contributed by atoms with Gasteiger partial charge in [0.2, 0.25) is 5.91 Å². The van der Waals surface area contributed by atoms with Crippen molar-refractivity contribution in [3.8, 4) is 0 Å². The van der Waals surface area contributed by atoms with Gasteiger partial charge in [0, 0.05) is 11.0 Å². The van der Waals surface area contributed by atoms with Crippen LogP contribution >= 0.6 is 22.9 Å². The van der Waals surface area contributed by atoms with E-state index < -0.39 is 6.10 Å². The molecule has 2 rings (SSSR count). The molecule has 1 aromatic heterocycles. The van der Waals surface area contributed by atoms with Crippen molar-refractivity contribution in [3.63, 3.8) is 0 Å². The van der Waals surface area contributed by atoms with E-state index in [0.717, 1.165) is 30.6 Å². The Bertz CT molecular complexity index is 444. The highest BCUT2D eigenvalue weighted by molar-refractivity contribution is 7.17. The summed E-state index contributed by atoms with van der Waals surface area (Å²) >= 11 is 7.23. The zero-order valence-corrected chi connectivity index (χ0v) is 11.5. The lowest BCUT2D eigenvalue weighted by atomic mass is 9.92. The standard InChI is InChI=1S/C13H16ClNO2S/c14-12-7-5-9(18-12)6-8-13(17)15-10-3-1-2-4-11(10)16/h5-8,10-11,16H,1-4H2,(H,15,17)/b8-6+/t10-,11-/m1/s1. The second kappa shape index (κ2) is 6.36. The molecule has 1 aliphatic carbocycles. The maximum Gasteiger partial charge on any atom is 0.244 e. The molecule has 0 spiro atoms. The van der Waals surface area contributed by atoms with Crippen LogP contribution in [0, 0.1) is 0 Å². The average Bonchev–Trinajstić information content (AvgIpc) is 2.76. The fraction of sp³-hybridized carbons (Fsp3) is 0.462. The van der Waals surface area contributed by atoms with Crippen molar-refractivity contribution in [1.29, 1.82) is 0 Å². The van der Waals surface area contributed by atoms with E-state index in [1.54, 1.807) is 12.1 Å². The van der Waals surface area contributed by atoms with Gasteiger partial charge in [0.25, 0.3) is 0 Å². The third-order valence-electron chi connectivity index (χ3n) is 3.05. The summed E-state index contributed by atoms with van der Waals surface area (Å²) in [5.74, 6) is -0.162. The Morgan fingerprint density at radius 3 is 2.89 bits per heavy atom. The summed E-state index contributed by atoms with van der Waals surface area (Å²) in [5.41, 5.74) is 0. The molecule has 2 atom stereocenters. The Labute approximate surface area is 115 Å². The number of carbonyl (C=O) groups is 1. The van der Waals surface area contributed by atoms with E-state index in [0.29, 0.717) is 4.34 Å². The SMILES string of the molecule is O=C(/C=C/c1ccc(Cl)s1)N[C@@H]1CCCC[C@H]1O. The van der Waals surface area contributed by atoms with Crippen molar-refractivity contribution in [2.24, 2.45) is 0 Å². The molecule has 1 aliphatic rings. The quantitative estimate of drug-likeness (QED) is 0.839. The normalized spacial score (nSPS) is 24.3. The molecule has 5 heteroatoms. The smallest absolute Gasteiger partial charge is 0.244 e. The van der Waals surface area contributed by atoms with E-state index in [-0.39, 0.29) is 11.9 Å². The molecule has 1 aromatic rings. The lowest BCUT2D eigenvalue weighted by Crippen LogP contribution is -2.44. The van der Waals surface area contributed by atoms with Gasteiger partial charge < -0.3 is 10.4 Å². The molecule has 1 fully saturated rings. The molecule has 0 radical (unpaired) electrons. The van der Waals surface area contributed by atoms with Crippen molar-refractivity contribution in [2.75, 3.05) is 0 Å². The number of hydrogen-bond acceptors (Lipinski definition) is 3. The molecule has 0 saturated heterocycles. The number of thiophene rings is 1. The molecule has 2 N–H and O–H groups in total. The van der Waals surface area contributed by atoms with Crippen molar-refractivity contribution in [2.45, 2.75) is 37.8 Å². The maximum absolute atomic E-state index is 11.7. The van der Waals surface area contributed by atoms with E-state index >= 15 is 0 Å². The van der Waals surface area contributed by atoms with E-state index in [1.807, 2.05) is 6.07 Å². The number of rotatable bonds is 3. The molecule has 0 bridgehead atoms. The molecular weight excluding hydrogens is 270 g/mol. The molecule has 18 heavy (non-hydrogen) atoms. The van der Waals surface area contributed by atoms with E-state index in [2.05, 4.69) is 5.32 Å². The van der Waals surface area contributed by atoms with Crippen LogP contribution in [0.2, 0.25) is 4.34 Å². The van der Waals surface area contributed by atoms with Gasteiger partial charge in [-0.05, 0) is 31.1 Å². The molecule has 1 heterocycles. The number of amides is 1. The van der Waals surface area contributed by atoms with Crippen LogP contribution in [0.4, 0.5) is 0 Å². The Morgan fingerprint density at radius 2 is 2.22 bits per heavy atom. The number of nitrogens with one attached hydrogen (secondary N) is 1. The van der Waals surface area contributed by atoms with Crippen LogP contribution < -0.4 is 5.32 Å². The summed E-state index contributed by atoms with van der Waals surface area (Å²) < 4.78 is 0.706. The van der Waals surface area contributed by atoms with Gasteiger partial charge in [-0.3, -0.25) is 4.79 Å². The average molecular weight is 286 g/mol. The maximum atomic E-state index is 11.7. The minimum absolute atomic E-state index is 0.108. The number of carbonyl (C=O) groups excluding carboxylic acids is 1. The number of aliphatic hydroxyl groups excluding tert-OH is 1. The molecule has 98 valence electrons. The van der Waals surface area contributed by atoms with Gasteiger partial charge in [-0.25, -0.2) is 0 Å². The summed E-state index contributed by atoms with van der Waals surface area (Å²) in [6, 6.07) is 3.56. The van der Waals surface area contributed by atoms with Crippen molar-refractivity contribution in [1.82, 2.24) is 5.32 Å². The van der Waals surface area contributed by atoms with E-state index in [1.165, 1.54) is 17.4 Å². The number of hydrogen-bond donors (Lipinski definition) is 2. The highest BCUT2D eigenvalue weighted by Crippen LogP contribution is 2.22. The fourth-order valence-corrected chi connectivity index (χ4v) is 3.05. The van der Waals surface area contributed by atoms with Crippen LogP contribution in [0.5, 0.6) is 0 Å². The Kier molecular flexibility index (Phi) is 4.80. The summed E-state index contributed by atoms with van der Waals surface area (Å²) in [7, 11) is 0. The van der Waals surface area contributed by atoms with Gasteiger partial charge in [-0.15, -0.1) is 11.3 Å². The highest BCUT2D eigenvalue weighted by Gasteiger charge is 2.23. The van der Waals surface area contributed by atoms with Gasteiger partial charge in [0.05, 0.1) is 16.5 Å². The second-order valence-corrected chi connectivity index (χ2v) is 6.19. The molecule has 1 saturated carbocycles. The predicted molar refractivity (Wildman–Crippen MR) is 74.8 cm³/mol. The zero-order valence-electron chi connectivity index (χ0n) is 9.93. The molecule has 0 aliphatic heterocycles. The van der Waals surface area contributed by atoms with E-state index in [9.17, 15) is 9.90 Å². The van der Waals surface area contributed by atoms with E-state index in [4.69, 9.17) is 11.6 Å². The summed E-state index contributed by atoms with van der Waals surface area (Å²) in [5, 5.41) is 12.6.